The van der Waals surface area contributed by atoms with Crippen molar-refractivity contribution in [3.63, 3.8) is 0 Å². The summed E-state index contributed by atoms with van der Waals surface area (Å²) in [5, 5.41) is 4.62. The molecular formula is C19H26N6O. The molecule has 0 bridgehead atoms. The summed E-state index contributed by atoms with van der Waals surface area (Å²) in [6.45, 7) is 12.2. The van der Waals surface area contributed by atoms with Gasteiger partial charge in [0.05, 0.1) is 5.54 Å². The molecule has 3 aromatic heterocycles. The first kappa shape index (κ1) is 17.0. The van der Waals surface area contributed by atoms with Gasteiger partial charge in [0, 0.05) is 24.7 Å². The van der Waals surface area contributed by atoms with Crippen LogP contribution >= 0.6 is 0 Å². The molecule has 0 atom stereocenters. The van der Waals surface area contributed by atoms with E-state index in [1.807, 2.05) is 26.0 Å². The van der Waals surface area contributed by atoms with Gasteiger partial charge in [0.2, 0.25) is 5.65 Å². The SMILES string of the molecule is Cc1ccc2oc(N3CCC(c4nc(C)nn4C(C)(C)C)CC3)nc2n1. The molecule has 0 spiro atoms. The van der Waals surface area contributed by atoms with Crippen LogP contribution in [0.25, 0.3) is 11.2 Å². The number of nitrogens with zero attached hydrogens (tertiary/aromatic N) is 6. The van der Waals surface area contributed by atoms with Crippen molar-refractivity contribution in [3.05, 3.63) is 29.5 Å². The number of hydrogen-bond donors (Lipinski definition) is 0. The molecule has 0 saturated carbocycles. The highest BCUT2D eigenvalue weighted by atomic mass is 16.4. The van der Waals surface area contributed by atoms with Crippen molar-refractivity contribution in [2.24, 2.45) is 0 Å². The second kappa shape index (κ2) is 6.07. The molecule has 1 saturated heterocycles. The standard InChI is InChI=1S/C19H26N6O/c1-12-6-7-15-16(20-12)22-18(26-15)24-10-8-14(9-11-24)17-21-13(2)23-25(17)19(3,4)5/h6-7,14H,8-11H2,1-5H3. The van der Waals surface area contributed by atoms with E-state index in [2.05, 4.69) is 45.4 Å². The van der Waals surface area contributed by atoms with Crippen LogP contribution in [0.2, 0.25) is 0 Å². The van der Waals surface area contributed by atoms with Crippen LogP contribution in [0.3, 0.4) is 0 Å². The highest BCUT2D eigenvalue weighted by Gasteiger charge is 2.30. The van der Waals surface area contributed by atoms with Crippen LogP contribution in [0, 0.1) is 13.8 Å². The highest BCUT2D eigenvalue weighted by molar-refractivity contribution is 5.70. The molecule has 4 rings (SSSR count). The smallest absolute Gasteiger partial charge is 0.299 e. The Hall–Kier alpha value is -2.44. The van der Waals surface area contributed by atoms with Gasteiger partial charge in [-0.3, -0.25) is 0 Å². The van der Waals surface area contributed by atoms with Crippen molar-refractivity contribution in [1.29, 1.82) is 0 Å². The summed E-state index contributed by atoms with van der Waals surface area (Å²) in [4.78, 5) is 15.9. The van der Waals surface area contributed by atoms with E-state index in [4.69, 9.17) is 9.40 Å². The first-order valence-electron chi connectivity index (χ1n) is 9.24. The van der Waals surface area contributed by atoms with Crippen molar-refractivity contribution in [2.45, 2.75) is 58.9 Å². The number of oxazole rings is 1. The molecule has 0 N–H and O–H groups in total. The first-order valence-corrected chi connectivity index (χ1v) is 9.24. The summed E-state index contributed by atoms with van der Waals surface area (Å²) < 4.78 is 8.00. The third-order valence-electron chi connectivity index (χ3n) is 4.89. The largest absolute Gasteiger partial charge is 0.422 e. The lowest BCUT2D eigenvalue weighted by atomic mass is 9.95. The van der Waals surface area contributed by atoms with Gasteiger partial charge in [-0.05, 0) is 59.6 Å². The minimum Gasteiger partial charge on any atom is -0.422 e. The van der Waals surface area contributed by atoms with Crippen LogP contribution in [0.5, 0.6) is 0 Å². The van der Waals surface area contributed by atoms with Crippen molar-refractivity contribution < 1.29 is 4.42 Å². The summed E-state index contributed by atoms with van der Waals surface area (Å²) >= 11 is 0. The van der Waals surface area contributed by atoms with Gasteiger partial charge in [-0.1, -0.05) is 0 Å². The van der Waals surface area contributed by atoms with Gasteiger partial charge < -0.3 is 9.32 Å². The molecule has 0 unspecified atom stereocenters. The molecule has 7 heteroatoms. The van der Waals surface area contributed by atoms with Gasteiger partial charge in [0.25, 0.3) is 6.01 Å². The predicted octanol–water partition coefficient (Wildman–Crippen LogP) is 3.57. The Balaban J connectivity index is 1.52. The summed E-state index contributed by atoms with van der Waals surface area (Å²) in [7, 11) is 0. The predicted molar refractivity (Wildman–Crippen MR) is 100 cm³/mol. The third kappa shape index (κ3) is 3.06. The lowest BCUT2D eigenvalue weighted by Crippen LogP contribution is -2.35. The molecule has 1 fully saturated rings. The van der Waals surface area contributed by atoms with Crippen LogP contribution in [0.4, 0.5) is 6.01 Å². The van der Waals surface area contributed by atoms with E-state index in [0.29, 0.717) is 17.6 Å². The topological polar surface area (TPSA) is 72.9 Å². The van der Waals surface area contributed by atoms with Gasteiger partial charge in [-0.15, -0.1) is 0 Å². The number of fused-ring (bicyclic) bond motifs is 1. The van der Waals surface area contributed by atoms with Crippen molar-refractivity contribution >= 4 is 17.2 Å². The molecule has 1 aliphatic rings. The van der Waals surface area contributed by atoms with Gasteiger partial charge in [-0.25, -0.2) is 14.6 Å². The van der Waals surface area contributed by atoms with Crippen LogP contribution in [0.15, 0.2) is 16.5 Å². The molecule has 0 amide bonds. The third-order valence-corrected chi connectivity index (χ3v) is 4.89. The quantitative estimate of drug-likeness (QED) is 0.700. The molecule has 26 heavy (non-hydrogen) atoms. The summed E-state index contributed by atoms with van der Waals surface area (Å²) in [6.07, 6.45) is 2.03. The molecule has 138 valence electrons. The molecule has 4 heterocycles. The van der Waals surface area contributed by atoms with E-state index in [1.54, 1.807) is 0 Å². The number of pyridine rings is 1. The molecule has 1 aliphatic heterocycles. The molecule has 0 aliphatic carbocycles. The maximum absolute atomic E-state index is 5.90. The van der Waals surface area contributed by atoms with Gasteiger partial charge in [-0.2, -0.15) is 10.1 Å². The lowest BCUT2D eigenvalue weighted by molar-refractivity contribution is 0.320. The van der Waals surface area contributed by atoms with Crippen LogP contribution in [-0.4, -0.2) is 37.8 Å². The number of anilines is 1. The van der Waals surface area contributed by atoms with E-state index in [-0.39, 0.29) is 5.54 Å². The number of aryl methyl sites for hydroxylation is 2. The minimum absolute atomic E-state index is 0.0580. The molecule has 7 nitrogen and oxygen atoms in total. The molecule has 0 radical (unpaired) electrons. The van der Waals surface area contributed by atoms with Gasteiger partial charge in [0.1, 0.15) is 11.6 Å². The average Bonchev–Trinajstić information content (AvgIpc) is 3.18. The zero-order chi connectivity index (χ0) is 18.5. The number of rotatable bonds is 2. The van der Waals surface area contributed by atoms with Crippen LogP contribution < -0.4 is 4.90 Å². The number of aromatic nitrogens is 5. The monoisotopic (exact) mass is 354 g/mol. The molecule has 3 aromatic rings. The second-order valence-corrected chi connectivity index (χ2v) is 8.13. The van der Waals surface area contributed by atoms with Crippen LogP contribution in [-0.2, 0) is 5.54 Å². The Bertz CT molecular complexity index is 927. The van der Waals surface area contributed by atoms with Gasteiger partial charge in [0.15, 0.2) is 5.58 Å². The summed E-state index contributed by atoms with van der Waals surface area (Å²) in [5.41, 5.74) is 2.33. The maximum Gasteiger partial charge on any atom is 0.299 e. The minimum atomic E-state index is -0.0580. The van der Waals surface area contributed by atoms with Crippen molar-refractivity contribution in [2.75, 3.05) is 18.0 Å². The van der Waals surface area contributed by atoms with Crippen molar-refractivity contribution in [3.8, 4) is 0 Å². The Morgan fingerprint density at radius 1 is 1.04 bits per heavy atom. The average molecular weight is 354 g/mol. The summed E-state index contributed by atoms with van der Waals surface area (Å²) in [5.74, 6) is 2.36. The maximum atomic E-state index is 5.90. The fraction of sp³-hybridized carbons (Fsp3) is 0.579. The fourth-order valence-electron chi connectivity index (χ4n) is 3.56. The number of hydrogen-bond acceptors (Lipinski definition) is 6. The van der Waals surface area contributed by atoms with E-state index >= 15 is 0 Å². The Kier molecular flexibility index (Phi) is 3.97. The zero-order valence-electron chi connectivity index (χ0n) is 16.2. The summed E-state index contributed by atoms with van der Waals surface area (Å²) in [6, 6.07) is 4.56. The fourth-order valence-corrected chi connectivity index (χ4v) is 3.56. The molecular weight excluding hydrogens is 328 g/mol. The van der Waals surface area contributed by atoms with E-state index in [9.17, 15) is 0 Å². The Morgan fingerprint density at radius 2 is 1.77 bits per heavy atom. The van der Waals surface area contributed by atoms with Crippen molar-refractivity contribution in [1.82, 2.24) is 24.7 Å². The normalized spacial score (nSPS) is 16.6. The molecule has 0 aromatic carbocycles. The van der Waals surface area contributed by atoms with Gasteiger partial charge >= 0.3 is 0 Å². The first-order chi connectivity index (χ1) is 12.3. The van der Waals surface area contributed by atoms with E-state index < -0.39 is 0 Å². The number of piperidine rings is 1. The van der Waals surface area contributed by atoms with Crippen LogP contribution in [0.1, 0.15) is 56.9 Å². The van der Waals surface area contributed by atoms with E-state index in [1.165, 1.54) is 0 Å². The lowest BCUT2D eigenvalue weighted by Gasteiger charge is -2.32. The highest BCUT2D eigenvalue weighted by Crippen LogP contribution is 2.32. The second-order valence-electron chi connectivity index (χ2n) is 8.13. The Labute approximate surface area is 153 Å². The Morgan fingerprint density at radius 3 is 2.46 bits per heavy atom. The zero-order valence-corrected chi connectivity index (χ0v) is 16.2. The van der Waals surface area contributed by atoms with E-state index in [0.717, 1.165) is 48.9 Å².